The lowest BCUT2D eigenvalue weighted by atomic mass is 10.0. The number of nitrogens with zero attached hydrogens (tertiary/aromatic N) is 1. The normalized spacial score (nSPS) is 15.6. The highest BCUT2D eigenvalue weighted by atomic mass is 16.5. The van der Waals surface area contributed by atoms with E-state index in [0.29, 0.717) is 16.8 Å². The van der Waals surface area contributed by atoms with Crippen molar-refractivity contribution < 1.29 is 14.3 Å². The fourth-order valence-electron chi connectivity index (χ4n) is 3.84. The Morgan fingerprint density at radius 2 is 1.60 bits per heavy atom. The molecular formula is C25H24N2O3. The summed E-state index contributed by atoms with van der Waals surface area (Å²) in [7, 11) is 1.65. The number of likely N-dealkylation sites (tertiary alicyclic amines) is 1. The van der Waals surface area contributed by atoms with Crippen molar-refractivity contribution in [3.05, 3.63) is 95.6 Å². The van der Waals surface area contributed by atoms with Gasteiger partial charge in [-0.15, -0.1) is 0 Å². The van der Waals surface area contributed by atoms with Gasteiger partial charge in [-0.3, -0.25) is 9.59 Å². The molecule has 1 unspecified atom stereocenters. The molecule has 1 N–H and O–H groups in total. The van der Waals surface area contributed by atoms with Gasteiger partial charge in [-0.2, -0.15) is 0 Å². The molecule has 1 aliphatic rings. The van der Waals surface area contributed by atoms with Gasteiger partial charge in [0.2, 0.25) is 0 Å². The first-order valence-electron chi connectivity index (χ1n) is 10.1. The number of ether oxygens (including phenoxy) is 1. The van der Waals surface area contributed by atoms with Gasteiger partial charge in [-0.25, -0.2) is 0 Å². The Bertz CT molecular complexity index is 1010. The van der Waals surface area contributed by atoms with Crippen LogP contribution in [0, 0.1) is 0 Å². The topological polar surface area (TPSA) is 58.6 Å². The van der Waals surface area contributed by atoms with E-state index >= 15 is 0 Å². The molecule has 0 saturated carbocycles. The molecule has 2 amide bonds. The summed E-state index contributed by atoms with van der Waals surface area (Å²) in [6, 6.07) is 24.1. The number of benzene rings is 3. The van der Waals surface area contributed by atoms with Crippen molar-refractivity contribution in [1.29, 1.82) is 0 Å². The van der Waals surface area contributed by atoms with Gasteiger partial charge in [0.05, 0.1) is 13.2 Å². The van der Waals surface area contributed by atoms with E-state index in [9.17, 15) is 9.59 Å². The van der Waals surface area contributed by atoms with Gasteiger partial charge in [-0.05, 0) is 66.9 Å². The third-order valence-electron chi connectivity index (χ3n) is 5.44. The van der Waals surface area contributed by atoms with Crippen LogP contribution in [0.5, 0.6) is 5.75 Å². The average Bonchev–Trinajstić information content (AvgIpc) is 3.29. The van der Waals surface area contributed by atoms with E-state index in [1.807, 2.05) is 47.4 Å². The minimum absolute atomic E-state index is 0.00857. The molecule has 152 valence electrons. The summed E-state index contributed by atoms with van der Waals surface area (Å²) < 4.78 is 5.23. The van der Waals surface area contributed by atoms with E-state index in [-0.39, 0.29) is 17.9 Å². The zero-order chi connectivity index (χ0) is 20.9. The Morgan fingerprint density at radius 1 is 0.900 bits per heavy atom. The first-order chi connectivity index (χ1) is 14.7. The third kappa shape index (κ3) is 4.20. The van der Waals surface area contributed by atoms with Gasteiger partial charge < -0.3 is 15.0 Å². The number of amides is 2. The Balaban J connectivity index is 1.45. The van der Waals surface area contributed by atoms with Crippen molar-refractivity contribution in [2.45, 2.75) is 18.9 Å². The van der Waals surface area contributed by atoms with Crippen molar-refractivity contribution in [2.24, 2.45) is 0 Å². The quantitative estimate of drug-likeness (QED) is 0.661. The summed E-state index contributed by atoms with van der Waals surface area (Å²) in [6.07, 6.45) is 1.93. The summed E-state index contributed by atoms with van der Waals surface area (Å²) in [5.74, 6) is 0.644. The smallest absolute Gasteiger partial charge is 0.255 e. The van der Waals surface area contributed by atoms with Gasteiger partial charge in [0.15, 0.2) is 0 Å². The lowest BCUT2D eigenvalue weighted by Crippen LogP contribution is -2.30. The van der Waals surface area contributed by atoms with Gasteiger partial charge in [0, 0.05) is 23.4 Å². The third-order valence-corrected chi connectivity index (χ3v) is 5.44. The van der Waals surface area contributed by atoms with Crippen LogP contribution in [0.3, 0.4) is 0 Å². The zero-order valence-corrected chi connectivity index (χ0v) is 16.9. The fraction of sp³-hybridized carbons (Fsp3) is 0.200. The number of rotatable bonds is 5. The van der Waals surface area contributed by atoms with E-state index in [4.69, 9.17) is 4.74 Å². The van der Waals surface area contributed by atoms with Gasteiger partial charge >= 0.3 is 0 Å². The maximum atomic E-state index is 13.1. The summed E-state index contributed by atoms with van der Waals surface area (Å²) in [4.78, 5) is 27.3. The largest absolute Gasteiger partial charge is 0.497 e. The van der Waals surface area contributed by atoms with Gasteiger partial charge in [0.1, 0.15) is 5.75 Å². The zero-order valence-electron chi connectivity index (χ0n) is 16.9. The number of anilines is 1. The Labute approximate surface area is 176 Å². The highest BCUT2D eigenvalue weighted by molar-refractivity contribution is 6.04. The summed E-state index contributed by atoms with van der Waals surface area (Å²) in [5.41, 5.74) is 2.99. The number of nitrogens with one attached hydrogen (secondary N) is 1. The minimum Gasteiger partial charge on any atom is -0.497 e. The maximum absolute atomic E-state index is 13.1. The molecule has 3 aromatic carbocycles. The second-order valence-electron chi connectivity index (χ2n) is 7.33. The van der Waals surface area contributed by atoms with Crippen LogP contribution in [-0.4, -0.2) is 30.4 Å². The molecule has 1 fully saturated rings. The van der Waals surface area contributed by atoms with Crippen molar-refractivity contribution in [3.63, 3.8) is 0 Å². The molecule has 30 heavy (non-hydrogen) atoms. The predicted molar refractivity (Wildman–Crippen MR) is 117 cm³/mol. The molecule has 5 nitrogen and oxygen atoms in total. The van der Waals surface area contributed by atoms with Crippen molar-refractivity contribution in [1.82, 2.24) is 4.90 Å². The summed E-state index contributed by atoms with van der Waals surface area (Å²) in [5, 5.41) is 2.86. The highest BCUT2D eigenvalue weighted by Gasteiger charge is 2.30. The number of hydrogen-bond acceptors (Lipinski definition) is 3. The second-order valence-corrected chi connectivity index (χ2v) is 7.33. The van der Waals surface area contributed by atoms with Crippen LogP contribution in [-0.2, 0) is 0 Å². The molecule has 0 aliphatic carbocycles. The van der Waals surface area contributed by atoms with E-state index in [1.54, 1.807) is 43.5 Å². The van der Waals surface area contributed by atoms with Gasteiger partial charge in [-0.1, -0.05) is 30.3 Å². The van der Waals surface area contributed by atoms with Crippen molar-refractivity contribution in [2.75, 3.05) is 19.0 Å². The Hall–Kier alpha value is -3.60. The predicted octanol–water partition coefficient (Wildman–Crippen LogP) is 4.92. The molecule has 3 aromatic rings. The highest BCUT2D eigenvalue weighted by Crippen LogP contribution is 2.34. The monoisotopic (exact) mass is 400 g/mol. The Morgan fingerprint density at radius 3 is 2.27 bits per heavy atom. The molecule has 1 heterocycles. The molecule has 4 rings (SSSR count). The van der Waals surface area contributed by atoms with Crippen LogP contribution >= 0.6 is 0 Å². The molecule has 1 saturated heterocycles. The standard InChI is InChI=1S/C25H24N2O3/c1-30-22-15-11-18(12-16-22)23-8-5-17-27(23)25(29)20-9-13-21(14-10-20)26-24(28)19-6-3-2-4-7-19/h2-4,6-7,9-16,23H,5,8,17H2,1H3,(H,26,28). The maximum Gasteiger partial charge on any atom is 0.255 e. The lowest BCUT2D eigenvalue weighted by molar-refractivity contribution is 0.0735. The SMILES string of the molecule is COc1ccc(C2CCCN2C(=O)c2ccc(NC(=O)c3ccccc3)cc2)cc1. The van der Waals surface area contributed by atoms with Crippen LogP contribution < -0.4 is 10.1 Å². The van der Waals surface area contributed by atoms with Crippen LogP contribution in [0.15, 0.2) is 78.9 Å². The first-order valence-corrected chi connectivity index (χ1v) is 10.1. The fourth-order valence-corrected chi connectivity index (χ4v) is 3.84. The van der Waals surface area contributed by atoms with E-state index in [0.717, 1.165) is 30.7 Å². The average molecular weight is 400 g/mol. The summed E-state index contributed by atoms with van der Waals surface area (Å²) >= 11 is 0. The number of carbonyl (C=O) groups excluding carboxylic acids is 2. The van der Waals surface area contributed by atoms with Crippen LogP contribution in [0.4, 0.5) is 5.69 Å². The first kappa shape index (κ1) is 19.7. The van der Waals surface area contributed by atoms with Crippen molar-refractivity contribution >= 4 is 17.5 Å². The number of methoxy groups -OCH3 is 1. The summed E-state index contributed by atoms with van der Waals surface area (Å²) in [6.45, 7) is 0.738. The number of carbonyl (C=O) groups is 2. The molecule has 1 atom stereocenters. The molecule has 0 bridgehead atoms. The molecule has 1 aliphatic heterocycles. The van der Waals surface area contributed by atoms with E-state index in [2.05, 4.69) is 5.32 Å². The van der Waals surface area contributed by atoms with E-state index in [1.165, 1.54) is 0 Å². The molecular weight excluding hydrogens is 376 g/mol. The molecule has 0 radical (unpaired) electrons. The van der Waals surface area contributed by atoms with E-state index < -0.39 is 0 Å². The van der Waals surface area contributed by atoms with Crippen LogP contribution in [0.1, 0.15) is 45.2 Å². The van der Waals surface area contributed by atoms with Gasteiger partial charge in [0.25, 0.3) is 11.8 Å². The second kappa shape index (κ2) is 8.82. The number of hydrogen-bond donors (Lipinski definition) is 1. The van der Waals surface area contributed by atoms with Crippen LogP contribution in [0.2, 0.25) is 0 Å². The van der Waals surface area contributed by atoms with Crippen molar-refractivity contribution in [3.8, 4) is 5.75 Å². The lowest BCUT2D eigenvalue weighted by Gasteiger charge is -2.25. The Kier molecular flexibility index (Phi) is 5.80. The molecule has 5 heteroatoms. The minimum atomic E-state index is -0.172. The molecule has 0 aromatic heterocycles. The molecule has 0 spiro atoms. The van der Waals surface area contributed by atoms with Crippen LogP contribution in [0.25, 0.3) is 0 Å².